The number of hydrogen-bond acceptors (Lipinski definition) is 2. The van der Waals surface area contributed by atoms with Crippen LogP contribution in [0.5, 0.6) is 5.75 Å². The summed E-state index contributed by atoms with van der Waals surface area (Å²) >= 11 is 3.44. The highest BCUT2D eigenvalue weighted by Gasteiger charge is 2.01. The highest BCUT2D eigenvalue weighted by molar-refractivity contribution is 9.10. The fraction of sp³-hybridized carbons (Fsp3) is 0.308. The Kier molecular flexibility index (Phi) is 3.84. The molecule has 0 radical (unpaired) electrons. The van der Waals surface area contributed by atoms with Gasteiger partial charge in [-0.15, -0.1) is 0 Å². The first-order valence-corrected chi connectivity index (χ1v) is 6.33. The maximum atomic E-state index is 5.75. The Labute approximate surface area is 110 Å². The summed E-state index contributed by atoms with van der Waals surface area (Å²) in [4.78, 5) is 4.17. The molecule has 4 heteroatoms. The van der Waals surface area contributed by atoms with Gasteiger partial charge in [-0.2, -0.15) is 0 Å². The van der Waals surface area contributed by atoms with Crippen LogP contribution in [0.1, 0.15) is 11.4 Å². The van der Waals surface area contributed by atoms with Crippen molar-refractivity contribution in [2.45, 2.75) is 20.4 Å². The van der Waals surface area contributed by atoms with Crippen molar-refractivity contribution >= 4 is 15.9 Å². The second kappa shape index (κ2) is 5.36. The molecule has 0 fully saturated rings. The van der Waals surface area contributed by atoms with E-state index < -0.39 is 0 Å². The van der Waals surface area contributed by atoms with Crippen LogP contribution in [0, 0.1) is 13.8 Å². The quantitative estimate of drug-likeness (QED) is 0.865. The van der Waals surface area contributed by atoms with E-state index in [1.54, 1.807) is 6.20 Å². The zero-order valence-corrected chi connectivity index (χ0v) is 11.6. The molecule has 17 heavy (non-hydrogen) atoms. The Morgan fingerprint density at radius 1 is 1.35 bits per heavy atom. The van der Waals surface area contributed by atoms with Crippen LogP contribution in [-0.2, 0) is 6.54 Å². The summed E-state index contributed by atoms with van der Waals surface area (Å²) in [5, 5.41) is 0. The molecule has 2 aromatic rings. The number of aryl methyl sites for hydroxylation is 2. The van der Waals surface area contributed by atoms with E-state index in [4.69, 9.17) is 4.74 Å². The summed E-state index contributed by atoms with van der Waals surface area (Å²) in [5.41, 5.74) is 1.14. The van der Waals surface area contributed by atoms with Gasteiger partial charge < -0.3 is 9.30 Å². The van der Waals surface area contributed by atoms with Crippen LogP contribution in [0.2, 0.25) is 0 Å². The van der Waals surface area contributed by atoms with Gasteiger partial charge in [0.15, 0.2) is 0 Å². The van der Waals surface area contributed by atoms with Gasteiger partial charge in [-0.25, -0.2) is 4.98 Å². The lowest BCUT2D eigenvalue weighted by Gasteiger charge is -2.10. The molecule has 0 saturated carbocycles. The van der Waals surface area contributed by atoms with Crippen LogP contribution in [0.4, 0.5) is 0 Å². The van der Waals surface area contributed by atoms with Crippen molar-refractivity contribution in [3.63, 3.8) is 0 Å². The van der Waals surface area contributed by atoms with E-state index in [0.29, 0.717) is 6.61 Å². The maximum Gasteiger partial charge on any atom is 0.122 e. The van der Waals surface area contributed by atoms with Crippen molar-refractivity contribution in [1.29, 1.82) is 0 Å². The summed E-state index contributed by atoms with van der Waals surface area (Å²) in [6, 6.07) is 6.03. The average Bonchev–Trinajstić information content (AvgIpc) is 2.68. The SMILES string of the molecule is Cc1cc(Br)ccc1OCCn1ccnc1C. The molecule has 0 aliphatic rings. The predicted molar refractivity (Wildman–Crippen MR) is 71.3 cm³/mol. The third-order valence-electron chi connectivity index (χ3n) is 2.65. The highest BCUT2D eigenvalue weighted by atomic mass is 79.9. The van der Waals surface area contributed by atoms with E-state index in [0.717, 1.165) is 28.2 Å². The van der Waals surface area contributed by atoms with Crippen molar-refractivity contribution in [2.24, 2.45) is 0 Å². The van der Waals surface area contributed by atoms with Crippen LogP contribution < -0.4 is 4.74 Å². The monoisotopic (exact) mass is 294 g/mol. The van der Waals surface area contributed by atoms with Gasteiger partial charge in [0.1, 0.15) is 18.2 Å². The fourth-order valence-corrected chi connectivity index (χ4v) is 2.14. The molecule has 0 amide bonds. The third-order valence-corrected chi connectivity index (χ3v) is 3.14. The molecule has 0 spiro atoms. The number of ether oxygens (including phenoxy) is 1. The molecular formula is C13H15BrN2O. The fourth-order valence-electron chi connectivity index (χ4n) is 1.67. The van der Waals surface area contributed by atoms with Crippen LogP contribution in [0.3, 0.4) is 0 Å². The Balaban J connectivity index is 1.92. The van der Waals surface area contributed by atoms with Crippen molar-refractivity contribution < 1.29 is 4.74 Å². The van der Waals surface area contributed by atoms with Crippen LogP contribution in [-0.4, -0.2) is 16.2 Å². The maximum absolute atomic E-state index is 5.75. The number of hydrogen-bond donors (Lipinski definition) is 0. The molecule has 0 aliphatic carbocycles. The largest absolute Gasteiger partial charge is 0.491 e. The lowest BCUT2D eigenvalue weighted by Crippen LogP contribution is -2.09. The summed E-state index contributed by atoms with van der Waals surface area (Å²) in [6.45, 7) is 5.51. The molecule has 0 atom stereocenters. The smallest absolute Gasteiger partial charge is 0.122 e. The number of imidazole rings is 1. The van der Waals surface area contributed by atoms with Crippen molar-refractivity contribution in [2.75, 3.05) is 6.61 Å². The Morgan fingerprint density at radius 2 is 2.18 bits per heavy atom. The van der Waals surface area contributed by atoms with Crippen molar-refractivity contribution in [1.82, 2.24) is 9.55 Å². The summed E-state index contributed by atoms with van der Waals surface area (Å²) < 4.78 is 8.90. The van der Waals surface area contributed by atoms with Crippen molar-refractivity contribution in [3.8, 4) is 5.75 Å². The molecule has 0 saturated heterocycles. The molecule has 0 unspecified atom stereocenters. The number of aromatic nitrogens is 2. The molecule has 90 valence electrons. The van der Waals surface area contributed by atoms with E-state index in [-0.39, 0.29) is 0 Å². The normalized spacial score (nSPS) is 10.5. The average molecular weight is 295 g/mol. The Morgan fingerprint density at radius 3 is 2.82 bits per heavy atom. The van der Waals surface area contributed by atoms with Gasteiger partial charge in [-0.05, 0) is 37.6 Å². The Hall–Kier alpha value is -1.29. The van der Waals surface area contributed by atoms with Gasteiger partial charge in [0.2, 0.25) is 0 Å². The molecular weight excluding hydrogens is 280 g/mol. The van der Waals surface area contributed by atoms with Gasteiger partial charge >= 0.3 is 0 Å². The lowest BCUT2D eigenvalue weighted by atomic mass is 10.2. The van der Waals surface area contributed by atoms with E-state index in [2.05, 4.69) is 31.5 Å². The van der Waals surface area contributed by atoms with Gasteiger partial charge in [-0.1, -0.05) is 15.9 Å². The predicted octanol–water partition coefficient (Wildman–Crippen LogP) is 3.34. The standard InChI is InChI=1S/C13H15BrN2O/c1-10-9-12(14)3-4-13(10)17-8-7-16-6-5-15-11(16)2/h3-6,9H,7-8H2,1-2H3. The third kappa shape index (κ3) is 3.09. The highest BCUT2D eigenvalue weighted by Crippen LogP contribution is 2.22. The minimum absolute atomic E-state index is 0.652. The first-order valence-electron chi connectivity index (χ1n) is 5.53. The number of nitrogens with zero attached hydrogens (tertiary/aromatic N) is 2. The van der Waals surface area contributed by atoms with Crippen LogP contribution in [0.15, 0.2) is 35.1 Å². The number of halogens is 1. The van der Waals surface area contributed by atoms with E-state index >= 15 is 0 Å². The van der Waals surface area contributed by atoms with Gasteiger partial charge in [0.05, 0.1) is 6.54 Å². The first-order chi connectivity index (χ1) is 8.16. The molecule has 0 N–H and O–H groups in total. The molecule has 2 rings (SSSR count). The van der Waals surface area contributed by atoms with Crippen LogP contribution >= 0.6 is 15.9 Å². The van der Waals surface area contributed by atoms with E-state index in [1.807, 2.05) is 32.2 Å². The summed E-state index contributed by atoms with van der Waals surface area (Å²) in [7, 11) is 0. The molecule has 3 nitrogen and oxygen atoms in total. The zero-order chi connectivity index (χ0) is 12.3. The van der Waals surface area contributed by atoms with E-state index in [9.17, 15) is 0 Å². The van der Waals surface area contributed by atoms with Crippen molar-refractivity contribution in [3.05, 3.63) is 46.5 Å². The second-order valence-electron chi connectivity index (χ2n) is 3.93. The molecule has 0 bridgehead atoms. The zero-order valence-electron chi connectivity index (χ0n) is 9.98. The lowest BCUT2D eigenvalue weighted by molar-refractivity contribution is 0.295. The molecule has 1 aromatic heterocycles. The van der Waals surface area contributed by atoms with Gasteiger partial charge in [0, 0.05) is 16.9 Å². The molecule has 1 heterocycles. The topological polar surface area (TPSA) is 27.1 Å². The van der Waals surface area contributed by atoms with Crippen LogP contribution in [0.25, 0.3) is 0 Å². The number of rotatable bonds is 4. The Bertz CT molecular complexity index is 508. The molecule has 0 aliphatic heterocycles. The minimum atomic E-state index is 0.652. The van der Waals surface area contributed by atoms with E-state index in [1.165, 1.54) is 0 Å². The second-order valence-corrected chi connectivity index (χ2v) is 4.84. The number of benzene rings is 1. The summed E-state index contributed by atoms with van der Waals surface area (Å²) in [6.07, 6.45) is 3.77. The first kappa shape index (κ1) is 12.2. The van der Waals surface area contributed by atoms with Gasteiger partial charge in [-0.3, -0.25) is 0 Å². The summed E-state index contributed by atoms with van der Waals surface area (Å²) in [5.74, 6) is 1.95. The van der Waals surface area contributed by atoms with Gasteiger partial charge in [0.25, 0.3) is 0 Å². The minimum Gasteiger partial charge on any atom is -0.491 e. The molecule has 1 aromatic carbocycles.